The van der Waals surface area contributed by atoms with Gasteiger partial charge in [-0.05, 0) is 69.8 Å². The molecule has 2 aromatic heterocycles. The summed E-state index contributed by atoms with van der Waals surface area (Å²) in [6, 6.07) is 59.0. The first-order valence-electron chi connectivity index (χ1n) is 15.9. The Hall–Kier alpha value is -5.90. The molecule has 47 heavy (non-hydrogen) atoms. The first-order chi connectivity index (χ1) is 23.3. The zero-order chi connectivity index (χ0) is 30.9. The second-order valence-corrected chi connectivity index (χ2v) is 13.2. The zero-order valence-corrected chi connectivity index (χ0v) is 26.2. The highest BCUT2D eigenvalue weighted by Gasteiger charge is 2.21. The van der Waals surface area contributed by atoms with E-state index in [1.165, 1.54) is 52.8 Å². The van der Waals surface area contributed by atoms with Crippen LogP contribution in [0.1, 0.15) is 0 Å². The van der Waals surface area contributed by atoms with Crippen LogP contribution in [-0.4, -0.2) is 0 Å². The van der Waals surface area contributed by atoms with Gasteiger partial charge >= 0.3 is 0 Å². The largest absolute Gasteiger partial charge is 0.456 e. The Bertz CT molecular complexity index is 2810. The lowest BCUT2D eigenvalue weighted by molar-refractivity contribution is 0.669. The van der Waals surface area contributed by atoms with E-state index in [9.17, 15) is 0 Å². The van der Waals surface area contributed by atoms with E-state index in [-0.39, 0.29) is 0 Å². The van der Waals surface area contributed by atoms with Crippen LogP contribution in [0.2, 0.25) is 0 Å². The van der Waals surface area contributed by atoms with Gasteiger partial charge in [0.25, 0.3) is 0 Å². The molecule has 10 rings (SSSR count). The average Bonchev–Trinajstić information content (AvgIpc) is 3.71. The normalized spacial score (nSPS) is 11.8. The number of furan rings is 1. The number of benzene rings is 8. The summed E-state index contributed by atoms with van der Waals surface area (Å²) >= 11 is 1.87. The molecule has 0 aliphatic heterocycles. The third-order valence-corrected chi connectivity index (χ3v) is 10.5. The van der Waals surface area contributed by atoms with Crippen LogP contribution in [0.25, 0.3) is 74.8 Å². The van der Waals surface area contributed by atoms with E-state index >= 15 is 0 Å². The van der Waals surface area contributed by atoms with Crippen molar-refractivity contribution in [1.29, 1.82) is 0 Å². The number of para-hydroxylation sites is 1. The van der Waals surface area contributed by atoms with Crippen LogP contribution in [0.3, 0.4) is 0 Å². The van der Waals surface area contributed by atoms with E-state index in [4.69, 9.17) is 4.42 Å². The molecule has 2 nitrogen and oxygen atoms in total. The summed E-state index contributed by atoms with van der Waals surface area (Å²) in [5.74, 6) is 0. The second kappa shape index (κ2) is 10.3. The molecule has 0 radical (unpaired) electrons. The smallest absolute Gasteiger partial charge is 0.137 e. The molecular formula is C44H27NOS. The number of thiophene rings is 1. The van der Waals surface area contributed by atoms with Gasteiger partial charge in [-0.25, -0.2) is 0 Å². The number of hydrogen-bond acceptors (Lipinski definition) is 3. The molecule has 0 saturated heterocycles. The highest BCUT2D eigenvalue weighted by Crippen LogP contribution is 2.48. The van der Waals surface area contributed by atoms with Crippen molar-refractivity contribution in [3.05, 3.63) is 164 Å². The predicted molar refractivity (Wildman–Crippen MR) is 202 cm³/mol. The Morgan fingerprint density at radius 3 is 1.98 bits per heavy atom. The van der Waals surface area contributed by atoms with E-state index in [1.807, 2.05) is 23.5 Å². The fraction of sp³-hybridized carbons (Fsp3) is 0. The molecule has 0 bridgehead atoms. The summed E-state index contributed by atoms with van der Waals surface area (Å²) in [6.07, 6.45) is 0. The van der Waals surface area contributed by atoms with E-state index in [1.54, 1.807) is 0 Å². The first kappa shape index (κ1) is 26.3. The van der Waals surface area contributed by atoms with Crippen molar-refractivity contribution in [3.8, 4) is 11.1 Å². The van der Waals surface area contributed by atoms with E-state index < -0.39 is 0 Å². The fourth-order valence-corrected chi connectivity index (χ4v) is 8.48. The maximum Gasteiger partial charge on any atom is 0.137 e. The third-order valence-electron chi connectivity index (χ3n) is 9.42. The standard InChI is InChI=1S/C44H27NOS/c1-2-11-28(12-3-1)30-14-10-15-31(25-30)45(32-22-23-36-35-18-8-9-20-39(35)46-40(36)26-32)38-27-42-44(37-19-7-6-17-34(37)38)43-33-16-5-4-13-29(33)21-24-41(43)47-42/h1-27H. The Morgan fingerprint density at radius 1 is 0.404 bits per heavy atom. The predicted octanol–water partition coefficient (Wildman–Crippen LogP) is 13.4. The van der Waals surface area contributed by atoms with Crippen LogP contribution < -0.4 is 4.90 Å². The summed E-state index contributed by atoms with van der Waals surface area (Å²) in [7, 11) is 0. The third kappa shape index (κ3) is 4.10. The monoisotopic (exact) mass is 617 g/mol. The van der Waals surface area contributed by atoms with Crippen molar-refractivity contribution < 1.29 is 4.42 Å². The highest BCUT2D eigenvalue weighted by atomic mass is 32.1. The zero-order valence-electron chi connectivity index (χ0n) is 25.4. The van der Waals surface area contributed by atoms with Gasteiger partial charge in [0.1, 0.15) is 11.2 Å². The molecule has 220 valence electrons. The van der Waals surface area contributed by atoms with Crippen molar-refractivity contribution in [2.24, 2.45) is 0 Å². The van der Waals surface area contributed by atoms with Crippen LogP contribution in [0.4, 0.5) is 17.1 Å². The minimum Gasteiger partial charge on any atom is -0.456 e. The topological polar surface area (TPSA) is 16.4 Å². The molecule has 2 heterocycles. The van der Waals surface area contributed by atoms with Gasteiger partial charge in [0.15, 0.2) is 0 Å². The van der Waals surface area contributed by atoms with Gasteiger partial charge in [0.05, 0.1) is 5.69 Å². The Kier molecular flexibility index (Phi) is 5.78. The van der Waals surface area contributed by atoms with Gasteiger partial charge in [-0.1, -0.05) is 115 Å². The Morgan fingerprint density at radius 2 is 1.09 bits per heavy atom. The molecule has 0 N–H and O–H groups in total. The number of hydrogen-bond donors (Lipinski definition) is 0. The van der Waals surface area contributed by atoms with Crippen molar-refractivity contribution in [1.82, 2.24) is 0 Å². The molecule has 0 atom stereocenters. The molecule has 0 aliphatic carbocycles. The molecule has 0 aliphatic rings. The van der Waals surface area contributed by atoms with Gasteiger partial charge in [-0.3, -0.25) is 0 Å². The van der Waals surface area contributed by atoms with Gasteiger partial charge < -0.3 is 9.32 Å². The minimum atomic E-state index is 0.881. The van der Waals surface area contributed by atoms with Crippen LogP contribution in [0, 0.1) is 0 Å². The lowest BCUT2D eigenvalue weighted by atomic mass is 9.97. The Balaban J connectivity index is 1.29. The van der Waals surface area contributed by atoms with Crippen LogP contribution in [0.5, 0.6) is 0 Å². The van der Waals surface area contributed by atoms with Gasteiger partial charge in [-0.2, -0.15) is 0 Å². The summed E-state index contributed by atoms with van der Waals surface area (Å²) in [5.41, 5.74) is 7.45. The summed E-state index contributed by atoms with van der Waals surface area (Å²) in [6.45, 7) is 0. The molecular weight excluding hydrogens is 591 g/mol. The second-order valence-electron chi connectivity index (χ2n) is 12.1. The van der Waals surface area contributed by atoms with Crippen molar-refractivity contribution in [3.63, 3.8) is 0 Å². The fourth-order valence-electron chi connectivity index (χ4n) is 7.30. The Labute approximate surface area is 275 Å². The number of nitrogens with zero attached hydrogens (tertiary/aromatic N) is 1. The van der Waals surface area contributed by atoms with Gasteiger partial charge in [-0.15, -0.1) is 11.3 Å². The molecule has 0 unspecified atom stereocenters. The first-order valence-corrected chi connectivity index (χ1v) is 16.7. The van der Waals surface area contributed by atoms with Crippen molar-refractivity contribution in [2.75, 3.05) is 4.90 Å². The lowest BCUT2D eigenvalue weighted by Crippen LogP contribution is -2.10. The van der Waals surface area contributed by atoms with Crippen molar-refractivity contribution in [2.45, 2.75) is 0 Å². The van der Waals surface area contributed by atoms with E-state index in [2.05, 4.69) is 157 Å². The van der Waals surface area contributed by atoms with E-state index in [0.29, 0.717) is 0 Å². The quantitative estimate of drug-likeness (QED) is 0.195. The van der Waals surface area contributed by atoms with Crippen LogP contribution >= 0.6 is 11.3 Å². The molecule has 0 spiro atoms. The van der Waals surface area contributed by atoms with Crippen LogP contribution in [-0.2, 0) is 0 Å². The molecule has 0 fully saturated rings. The van der Waals surface area contributed by atoms with Crippen molar-refractivity contribution >= 4 is 92.1 Å². The molecule has 3 heteroatoms. The summed E-state index contributed by atoms with van der Waals surface area (Å²) in [4.78, 5) is 2.41. The lowest BCUT2D eigenvalue weighted by Gasteiger charge is -2.27. The highest BCUT2D eigenvalue weighted by molar-refractivity contribution is 7.26. The number of rotatable bonds is 4. The van der Waals surface area contributed by atoms with Gasteiger partial charge in [0.2, 0.25) is 0 Å². The summed E-state index contributed by atoms with van der Waals surface area (Å²) in [5, 5.41) is 9.97. The summed E-state index contributed by atoms with van der Waals surface area (Å²) < 4.78 is 9.01. The average molecular weight is 618 g/mol. The minimum absolute atomic E-state index is 0.881. The maximum atomic E-state index is 6.42. The van der Waals surface area contributed by atoms with Crippen LogP contribution in [0.15, 0.2) is 168 Å². The maximum absolute atomic E-state index is 6.42. The molecule has 8 aromatic carbocycles. The van der Waals surface area contributed by atoms with E-state index in [0.717, 1.165) is 39.0 Å². The van der Waals surface area contributed by atoms with Gasteiger partial charge in [0, 0.05) is 53.8 Å². The number of fused-ring (bicyclic) bond motifs is 10. The molecule has 0 amide bonds. The number of anilines is 3. The molecule has 10 aromatic rings. The SMILES string of the molecule is c1ccc(-c2cccc(N(c3ccc4c(c3)oc3ccccc34)c3cc4sc5ccc6ccccc6c5c4c4ccccc34)c2)cc1. The molecule has 0 saturated carbocycles.